The van der Waals surface area contributed by atoms with Crippen molar-refractivity contribution in [1.82, 2.24) is 15.4 Å². The molecule has 0 amide bonds. The average Bonchev–Trinajstić information content (AvgIpc) is 3.03. The van der Waals surface area contributed by atoms with E-state index in [2.05, 4.69) is 27.3 Å². The summed E-state index contributed by atoms with van der Waals surface area (Å²) in [7, 11) is 0. The number of carbonyl (C=O) groups is 1. The summed E-state index contributed by atoms with van der Waals surface area (Å²) in [5, 5.41) is 18.0. The molecule has 0 atom stereocenters. The molecule has 2 aromatic carbocycles. The van der Waals surface area contributed by atoms with E-state index in [0.29, 0.717) is 0 Å². The van der Waals surface area contributed by atoms with Gasteiger partial charge in [-0.15, -0.1) is 0 Å². The van der Waals surface area contributed by atoms with Crippen LogP contribution in [0.15, 0.2) is 48.5 Å². The minimum Gasteiger partial charge on any atom is -0.476 e. The van der Waals surface area contributed by atoms with Crippen LogP contribution in [-0.2, 0) is 0 Å². The molecule has 118 valence electrons. The number of hydrogen-bond donors (Lipinski definition) is 2. The Kier molecular flexibility index (Phi) is 4.21. The number of halogens is 1. The highest BCUT2D eigenvalue weighted by Crippen LogP contribution is 2.23. The van der Waals surface area contributed by atoms with Crippen molar-refractivity contribution in [3.05, 3.63) is 71.2 Å². The molecular formula is C17H10FN3O3. The second kappa shape index (κ2) is 6.62. The number of aromatic nitrogens is 3. The van der Waals surface area contributed by atoms with Crippen LogP contribution in [-0.4, -0.2) is 26.5 Å². The van der Waals surface area contributed by atoms with Gasteiger partial charge in [0.15, 0.2) is 0 Å². The van der Waals surface area contributed by atoms with Crippen molar-refractivity contribution >= 4 is 5.97 Å². The fourth-order valence-corrected chi connectivity index (χ4v) is 1.86. The van der Waals surface area contributed by atoms with Crippen LogP contribution in [0.25, 0.3) is 0 Å². The van der Waals surface area contributed by atoms with Crippen LogP contribution in [0, 0.1) is 17.7 Å². The van der Waals surface area contributed by atoms with E-state index in [9.17, 15) is 9.18 Å². The largest absolute Gasteiger partial charge is 0.476 e. The summed E-state index contributed by atoms with van der Waals surface area (Å²) in [6.07, 6.45) is 0. The van der Waals surface area contributed by atoms with Gasteiger partial charge in [0, 0.05) is 11.6 Å². The number of hydrogen-bond acceptors (Lipinski definition) is 4. The van der Waals surface area contributed by atoms with E-state index >= 15 is 0 Å². The normalized spacial score (nSPS) is 9.88. The van der Waals surface area contributed by atoms with Gasteiger partial charge in [-0.25, -0.2) is 14.3 Å². The smallest absolute Gasteiger partial charge is 0.359 e. The highest BCUT2D eigenvalue weighted by molar-refractivity contribution is 5.87. The van der Waals surface area contributed by atoms with Gasteiger partial charge >= 0.3 is 5.97 Å². The summed E-state index contributed by atoms with van der Waals surface area (Å²) in [4.78, 5) is 10.9. The molecule has 0 saturated carbocycles. The first-order valence-electron chi connectivity index (χ1n) is 6.82. The Labute approximate surface area is 135 Å². The number of H-pyrrole nitrogens is 1. The maximum atomic E-state index is 14.1. The number of benzene rings is 2. The van der Waals surface area contributed by atoms with E-state index in [-0.39, 0.29) is 22.9 Å². The Hall–Kier alpha value is -3.66. The fourth-order valence-electron chi connectivity index (χ4n) is 1.86. The van der Waals surface area contributed by atoms with Crippen LogP contribution in [0.1, 0.15) is 21.6 Å². The third-order valence-corrected chi connectivity index (χ3v) is 3.00. The molecule has 3 aromatic rings. The number of carboxylic acid groups (broad SMARTS) is 1. The van der Waals surface area contributed by atoms with E-state index < -0.39 is 11.8 Å². The number of aromatic carboxylic acids is 1. The van der Waals surface area contributed by atoms with Gasteiger partial charge in [-0.05, 0) is 24.3 Å². The first kappa shape index (κ1) is 15.2. The predicted molar refractivity (Wildman–Crippen MR) is 82.2 cm³/mol. The summed E-state index contributed by atoms with van der Waals surface area (Å²) in [6.45, 7) is 0. The number of nitrogens with one attached hydrogen (secondary N) is 1. The molecule has 6 nitrogen and oxygen atoms in total. The van der Waals surface area contributed by atoms with Gasteiger partial charge < -0.3 is 9.84 Å². The molecule has 1 heterocycles. The lowest BCUT2D eigenvalue weighted by Crippen LogP contribution is -2.00. The van der Waals surface area contributed by atoms with Gasteiger partial charge in [0.05, 0.1) is 5.56 Å². The molecule has 0 bridgehead atoms. The molecule has 0 fully saturated rings. The van der Waals surface area contributed by atoms with Crippen LogP contribution in [0.5, 0.6) is 11.6 Å². The summed E-state index contributed by atoms with van der Waals surface area (Å²) >= 11 is 0. The first-order chi connectivity index (χ1) is 11.6. The van der Waals surface area contributed by atoms with Crippen molar-refractivity contribution in [1.29, 1.82) is 0 Å². The molecule has 0 aliphatic heterocycles. The topological polar surface area (TPSA) is 88.1 Å². The average molecular weight is 323 g/mol. The summed E-state index contributed by atoms with van der Waals surface area (Å²) in [5.41, 5.74) is 0.652. The van der Waals surface area contributed by atoms with Crippen LogP contribution in [0.4, 0.5) is 4.39 Å². The van der Waals surface area contributed by atoms with Crippen molar-refractivity contribution in [2.24, 2.45) is 0 Å². The Morgan fingerprint density at radius 3 is 2.67 bits per heavy atom. The summed E-state index contributed by atoms with van der Waals surface area (Å²) in [5.74, 6) is 3.57. The Balaban J connectivity index is 1.81. The molecular weight excluding hydrogens is 313 g/mol. The molecule has 24 heavy (non-hydrogen) atoms. The van der Waals surface area contributed by atoms with Gasteiger partial charge in [0.25, 0.3) is 5.88 Å². The Morgan fingerprint density at radius 2 is 1.96 bits per heavy atom. The van der Waals surface area contributed by atoms with Gasteiger partial charge in [-0.1, -0.05) is 40.4 Å². The number of rotatable bonds is 3. The molecule has 3 rings (SSSR count). The standard InChI is InChI=1S/C17H10FN3O3/c18-14-10-13(24-16-15(17(22)23)19-21-20-16)9-8-12(14)7-6-11-4-2-1-3-5-11/h1-5,8-10H,(H,22,23)(H,19,20,21). The van der Waals surface area contributed by atoms with Crippen molar-refractivity contribution in [3.8, 4) is 23.5 Å². The molecule has 0 radical (unpaired) electrons. The van der Waals surface area contributed by atoms with Crippen molar-refractivity contribution < 1.29 is 19.0 Å². The molecule has 0 spiro atoms. The second-order valence-electron chi connectivity index (χ2n) is 4.66. The predicted octanol–water partition coefficient (Wildman–Crippen LogP) is 2.83. The van der Waals surface area contributed by atoms with Crippen molar-refractivity contribution in [3.63, 3.8) is 0 Å². The number of carboxylic acids is 1. The highest BCUT2D eigenvalue weighted by atomic mass is 19.1. The van der Waals surface area contributed by atoms with E-state index in [0.717, 1.165) is 11.6 Å². The minimum absolute atomic E-state index is 0.0918. The highest BCUT2D eigenvalue weighted by Gasteiger charge is 2.16. The van der Waals surface area contributed by atoms with Crippen molar-refractivity contribution in [2.75, 3.05) is 0 Å². The Bertz CT molecular complexity index is 942. The number of nitrogens with zero attached hydrogens (tertiary/aromatic N) is 2. The maximum absolute atomic E-state index is 14.1. The first-order valence-corrected chi connectivity index (χ1v) is 6.82. The van der Waals surface area contributed by atoms with E-state index in [1.165, 1.54) is 12.1 Å². The number of ether oxygens (including phenoxy) is 1. The van der Waals surface area contributed by atoms with Crippen LogP contribution in [0.3, 0.4) is 0 Å². The van der Waals surface area contributed by atoms with Gasteiger partial charge in [0.2, 0.25) is 5.69 Å². The zero-order valence-electron chi connectivity index (χ0n) is 12.2. The lowest BCUT2D eigenvalue weighted by Gasteiger charge is -2.03. The lowest BCUT2D eigenvalue weighted by molar-refractivity contribution is 0.0687. The molecule has 7 heteroatoms. The maximum Gasteiger partial charge on any atom is 0.359 e. The third kappa shape index (κ3) is 3.39. The van der Waals surface area contributed by atoms with Gasteiger partial charge in [-0.3, -0.25) is 0 Å². The third-order valence-electron chi connectivity index (χ3n) is 3.00. The van der Waals surface area contributed by atoms with E-state index in [4.69, 9.17) is 9.84 Å². The van der Waals surface area contributed by atoms with Gasteiger partial charge in [-0.2, -0.15) is 0 Å². The quantitative estimate of drug-likeness (QED) is 0.724. The molecule has 1 aromatic heterocycles. The molecule has 0 unspecified atom stereocenters. The fraction of sp³-hybridized carbons (Fsp3) is 0. The van der Waals surface area contributed by atoms with Crippen LogP contribution in [0.2, 0.25) is 0 Å². The zero-order chi connectivity index (χ0) is 16.9. The van der Waals surface area contributed by atoms with E-state index in [1.54, 1.807) is 0 Å². The summed E-state index contributed by atoms with van der Waals surface area (Å²) in [6, 6.07) is 13.2. The SMILES string of the molecule is O=C(O)c1[nH]nnc1Oc1ccc(C#Cc2ccccc2)c(F)c1. The Morgan fingerprint density at radius 1 is 1.17 bits per heavy atom. The van der Waals surface area contributed by atoms with Gasteiger partial charge in [0.1, 0.15) is 11.6 Å². The van der Waals surface area contributed by atoms with Crippen LogP contribution < -0.4 is 4.74 Å². The second-order valence-corrected chi connectivity index (χ2v) is 4.66. The molecule has 2 N–H and O–H groups in total. The van der Waals surface area contributed by atoms with E-state index in [1.807, 2.05) is 30.3 Å². The minimum atomic E-state index is -1.28. The molecule has 0 aliphatic carbocycles. The lowest BCUT2D eigenvalue weighted by atomic mass is 10.1. The molecule has 0 saturated heterocycles. The molecule has 0 aliphatic rings. The number of aromatic amines is 1. The summed E-state index contributed by atoms with van der Waals surface area (Å²) < 4.78 is 19.3. The van der Waals surface area contributed by atoms with Crippen LogP contribution >= 0.6 is 0 Å². The van der Waals surface area contributed by atoms with Crippen molar-refractivity contribution in [2.45, 2.75) is 0 Å². The zero-order valence-corrected chi connectivity index (χ0v) is 12.2. The monoisotopic (exact) mass is 323 g/mol.